The van der Waals surface area contributed by atoms with Crippen molar-refractivity contribution in [3.63, 3.8) is 0 Å². The van der Waals surface area contributed by atoms with E-state index in [1.54, 1.807) is 20.8 Å². The van der Waals surface area contributed by atoms with Gasteiger partial charge in [0.15, 0.2) is 0 Å². The third kappa shape index (κ3) is 3.74. The molecule has 19 heavy (non-hydrogen) atoms. The number of aliphatic carboxylic acids is 1. The second kappa shape index (κ2) is 5.66. The fourth-order valence-electron chi connectivity index (χ4n) is 1.18. The van der Waals surface area contributed by atoms with Crippen LogP contribution in [0.1, 0.15) is 27.7 Å². The Morgan fingerprint density at radius 3 is 1.89 bits per heavy atom. The molecule has 2 N–H and O–H groups in total. The van der Waals surface area contributed by atoms with Gasteiger partial charge in [0, 0.05) is 13.1 Å². The van der Waals surface area contributed by atoms with Gasteiger partial charge in [-0.1, -0.05) is 13.8 Å². The van der Waals surface area contributed by atoms with E-state index in [4.69, 9.17) is 5.11 Å². The molecule has 0 heterocycles. The Bertz CT molecular complexity index is 358. The number of alkyl halides is 3. The molecule has 2 atom stereocenters. The summed E-state index contributed by atoms with van der Waals surface area (Å²) >= 11 is 0. The second-order valence-corrected chi connectivity index (χ2v) is 4.95. The topological polar surface area (TPSA) is 69.6 Å². The van der Waals surface area contributed by atoms with Gasteiger partial charge in [-0.15, -0.1) is 0 Å². The maximum absolute atomic E-state index is 12.7. The van der Waals surface area contributed by atoms with Gasteiger partial charge in [0.05, 0.1) is 0 Å². The van der Waals surface area contributed by atoms with Gasteiger partial charge in [-0.3, -0.25) is 0 Å². The summed E-state index contributed by atoms with van der Waals surface area (Å²) in [6.07, 6.45) is -5.09. The van der Waals surface area contributed by atoms with Gasteiger partial charge in [0.25, 0.3) is 0 Å². The molecule has 0 saturated heterocycles. The first-order valence-corrected chi connectivity index (χ1v) is 5.69. The zero-order valence-corrected chi connectivity index (χ0v) is 11.5. The van der Waals surface area contributed by atoms with Crippen molar-refractivity contribution in [3.8, 4) is 0 Å². The van der Waals surface area contributed by atoms with E-state index in [0.717, 1.165) is 4.90 Å². The van der Waals surface area contributed by atoms with Gasteiger partial charge in [0.2, 0.25) is 5.54 Å². The normalized spacial score (nSPS) is 16.7. The average molecular weight is 284 g/mol. The van der Waals surface area contributed by atoms with Crippen molar-refractivity contribution in [2.75, 3.05) is 7.05 Å². The molecular weight excluding hydrogens is 265 g/mol. The predicted molar refractivity (Wildman–Crippen MR) is 62.7 cm³/mol. The molecule has 0 aliphatic rings. The smallest absolute Gasteiger partial charge is 0.422 e. The first kappa shape index (κ1) is 17.5. The number of urea groups is 1. The Morgan fingerprint density at radius 1 is 1.21 bits per heavy atom. The minimum Gasteiger partial charge on any atom is -0.479 e. The zero-order chi connectivity index (χ0) is 15.6. The summed E-state index contributed by atoms with van der Waals surface area (Å²) in [7, 11) is 1.32. The maximum atomic E-state index is 12.7. The quantitative estimate of drug-likeness (QED) is 0.830. The van der Waals surface area contributed by atoms with Gasteiger partial charge in [-0.2, -0.15) is 13.2 Å². The van der Waals surface area contributed by atoms with Crippen LogP contribution in [0, 0.1) is 5.92 Å². The first-order chi connectivity index (χ1) is 8.34. The standard InChI is InChI=1S/C11H19F3N2O3/c1-6(2)7(3)16(5)9(19)15-10(4,8(17)18)11(12,13)14/h6-7H,1-5H3,(H,15,19)(H,17,18). The second-order valence-electron chi connectivity index (χ2n) is 4.95. The number of carboxylic acids is 1. The van der Waals surface area contributed by atoms with Crippen LogP contribution < -0.4 is 5.32 Å². The van der Waals surface area contributed by atoms with Crippen molar-refractivity contribution < 1.29 is 27.9 Å². The maximum Gasteiger partial charge on any atom is 0.422 e. The van der Waals surface area contributed by atoms with Gasteiger partial charge in [-0.05, 0) is 19.8 Å². The van der Waals surface area contributed by atoms with Crippen molar-refractivity contribution in [2.24, 2.45) is 5.92 Å². The molecule has 0 aromatic rings. The lowest BCUT2D eigenvalue weighted by Crippen LogP contribution is -2.64. The minimum atomic E-state index is -5.09. The van der Waals surface area contributed by atoms with E-state index < -0.39 is 23.7 Å². The Labute approximate surface area is 109 Å². The molecule has 0 aliphatic carbocycles. The van der Waals surface area contributed by atoms with Crippen molar-refractivity contribution in [2.45, 2.75) is 45.5 Å². The molecular formula is C11H19F3N2O3. The van der Waals surface area contributed by atoms with E-state index in [1.807, 2.05) is 0 Å². The molecule has 0 radical (unpaired) electrons. The van der Waals surface area contributed by atoms with Crippen LogP contribution in [0.3, 0.4) is 0 Å². The van der Waals surface area contributed by atoms with Crippen LogP contribution in [0.5, 0.6) is 0 Å². The van der Waals surface area contributed by atoms with E-state index in [2.05, 4.69) is 0 Å². The number of rotatable bonds is 4. The van der Waals surface area contributed by atoms with Gasteiger partial charge in [0.1, 0.15) is 0 Å². The Hall–Kier alpha value is -1.47. The van der Waals surface area contributed by atoms with Gasteiger partial charge < -0.3 is 15.3 Å². The third-order valence-corrected chi connectivity index (χ3v) is 3.25. The van der Waals surface area contributed by atoms with E-state index >= 15 is 0 Å². The van der Waals surface area contributed by atoms with E-state index in [9.17, 15) is 22.8 Å². The summed E-state index contributed by atoms with van der Waals surface area (Å²) in [6, 6.07) is -1.41. The van der Waals surface area contributed by atoms with Crippen molar-refractivity contribution >= 4 is 12.0 Å². The van der Waals surface area contributed by atoms with Gasteiger partial charge >= 0.3 is 18.2 Å². The number of carbonyl (C=O) groups excluding carboxylic acids is 1. The van der Waals surface area contributed by atoms with Crippen molar-refractivity contribution in [1.29, 1.82) is 0 Å². The van der Waals surface area contributed by atoms with E-state index in [0.29, 0.717) is 6.92 Å². The molecule has 0 rings (SSSR count). The summed E-state index contributed by atoms with van der Waals surface area (Å²) in [5.74, 6) is -2.13. The number of nitrogens with one attached hydrogen (secondary N) is 1. The molecule has 0 fully saturated rings. The fraction of sp³-hybridized carbons (Fsp3) is 0.818. The highest BCUT2D eigenvalue weighted by molar-refractivity contribution is 5.86. The lowest BCUT2D eigenvalue weighted by atomic mass is 10.0. The number of halogens is 3. The largest absolute Gasteiger partial charge is 0.479 e. The Morgan fingerprint density at radius 2 is 1.63 bits per heavy atom. The van der Waals surface area contributed by atoms with E-state index in [-0.39, 0.29) is 12.0 Å². The fourth-order valence-corrected chi connectivity index (χ4v) is 1.18. The highest BCUT2D eigenvalue weighted by atomic mass is 19.4. The van der Waals surface area contributed by atoms with Crippen LogP contribution in [-0.4, -0.2) is 46.8 Å². The highest BCUT2D eigenvalue weighted by Crippen LogP contribution is 2.30. The van der Waals surface area contributed by atoms with E-state index in [1.165, 1.54) is 12.4 Å². The molecule has 0 aromatic carbocycles. The molecule has 0 aromatic heterocycles. The van der Waals surface area contributed by atoms with Crippen molar-refractivity contribution in [3.05, 3.63) is 0 Å². The van der Waals surface area contributed by atoms with Crippen LogP contribution in [-0.2, 0) is 4.79 Å². The van der Waals surface area contributed by atoms with Crippen LogP contribution in [0.15, 0.2) is 0 Å². The molecule has 5 nitrogen and oxygen atoms in total. The van der Waals surface area contributed by atoms with Crippen LogP contribution in [0.4, 0.5) is 18.0 Å². The molecule has 2 amide bonds. The third-order valence-electron chi connectivity index (χ3n) is 3.25. The van der Waals surface area contributed by atoms with Crippen molar-refractivity contribution in [1.82, 2.24) is 10.2 Å². The number of nitrogens with zero attached hydrogens (tertiary/aromatic N) is 1. The molecule has 0 spiro atoms. The summed E-state index contributed by atoms with van der Waals surface area (Å²) in [6.45, 7) is 5.68. The number of hydrogen-bond donors (Lipinski definition) is 2. The number of amides is 2. The van der Waals surface area contributed by atoms with Crippen LogP contribution in [0.25, 0.3) is 0 Å². The van der Waals surface area contributed by atoms with Gasteiger partial charge in [-0.25, -0.2) is 9.59 Å². The lowest BCUT2D eigenvalue weighted by molar-refractivity contribution is -0.203. The number of hydrogen-bond acceptors (Lipinski definition) is 2. The molecule has 0 saturated carbocycles. The predicted octanol–water partition coefficient (Wildman–Crippen LogP) is 2.08. The summed E-state index contributed by atoms with van der Waals surface area (Å²) in [5.41, 5.74) is -3.31. The number of carbonyl (C=O) groups is 2. The Kier molecular flexibility index (Phi) is 5.23. The van der Waals surface area contributed by atoms with Crippen LogP contribution in [0.2, 0.25) is 0 Å². The SMILES string of the molecule is CC(C)C(C)N(C)C(=O)NC(C)(C(=O)O)C(F)(F)F. The molecule has 0 aliphatic heterocycles. The molecule has 2 unspecified atom stereocenters. The molecule has 0 bridgehead atoms. The van der Waals surface area contributed by atoms with Crippen LogP contribution >= 0.6 is 0 Å². The summed E-state index contributed by atoms with van der Waals surface area (Å²) in [5, 5.41) is 10.2. The summed E-state index contributed by atoms with van der Waals surface area (Å²) in [4.78, 5) is 23.5. The minimum absolute atomic E-state index is 0.0257. The Balaban J connectivity index is 5.10. The summed E-state index contributed by atoms with van der Waals surface area (Å²) < 4.78 is 38.2. The zero-order valence-electron chi connectivity index (χ0n) is 11.5. The molecule has 112 valence electrons. The lowest BCUT2D eigenvalue weighted by Gasteiger charge is -2.34. The monoisotopic (exact) mass is 284 g/mol. The highest BCUT2D eigenvalue weighted by Gasteiger charge is 2.58. The number of carboxylic acid groups (broad SMARTS) is 1. The first-order valence-electron chi connectivity index (χ1n) is 5.69. The average Bonchev–Trinajstić information content (AvgIpc) is 2.24. The molecule has 8 heteroatoms.